The summed E-state index contributed by atoms with van der Waals surface area (Å²) >= 11 is 0. The molecule has 2 aliphatic rings. The molecule has 1 saturated heterocycles. The molecule has 0 unspecified atom stereocenters. The molecule has 0 aromatic heterocycles. The molecule has 2 aliphatic heterocycles. The Morgan fingerprint density at radius 3 is 2.52 bits per heavy atom. The van der Waals surface area contributed by atoms with Crippen LogP contribution < -0.4 is 20.3 Å². The first-order valence-corrected chi connectivity index (χ1v) is 9.77. The van der Waals surface area contributed by atoms with Crippen LogP contribution in [-0.4, -0.2) is 55.2 Å². The minimum Gasteiger partial charge on any atom is -0.482 e. The van der Waals surface area contributed by atoms with Crippen LogP contribution in [0.4, 0.5) is 35.9 Å². The lowest BCUT2D eigenvalue weighted by Gasteiger charge is -2.41. The highest BCUT2D eigenvalue weighted by Gasteiger charge is 2.45. The molecule has 4 rings (SSSR count). The maximum absolute atomic E-state index is 12.7. The van der Waals surface area contributed by atoms with Crippen LogP contribution in [0.1, 0.15) is 6.92 Å². The summed E-state index contributed by atoms with van der Waals surface area (Å²) in [5, 5.41) is 5.99. The van der Waals surface area contributed by atoms with Gasteiger partial charge in [0.1, 0.15) is 5.75 Å². The molecule has 2 amide bonds. The lowest BCUT2D eigenvalue weighted by Crippen LogP contribution is -2.57. The predicted molar refractivity (Wildman–Crippen MR) is 110 cm³/mol. The van der Waals surface area contributed by atoms with E-state index in [1.54, 1.807) is 19.1 Å². The number of carbonyl (C=O) groups excluding carboxylic acids is 2. The Morgan fingerprint density at radius 2 is 1.84 bits per heavy atom. The second-order valence-corrected chi connectivity index (χ2v) is 7.51. The Bertz CT molecular complexity index is 994. The van der Waals surface area contributed by atoms with Gasteiger partial charge in [0.15, 0.2) is 6.61 Å². The monoisotopic (exact) mass is 434 g/mol. The highest BCUT2D eigenvalue weighted by atomic mass is 19.4. The van der Waals surface area contributed by atoms with E-state index in [1.165, 1.54) is 0 Å². The van der Waals surface area contributed by atoms with E-state index in [0.717, 1.165) is 22.0 Å². The van der Waals surface area contributed by atoms with E-state index in [4.69, 9.17) is 4.74 Å². The topological polar surface area (TPSA) is 73.9 Å². The van der Waals surface area contributed by atoms with Gasteiger partial charge in [-0.1, -0.05) is 0 Å². The molecular weight excluding hydrogens is 413 g/mol. The van der Waals surface area contributed by atoms with E-state index >= 15 is 0 Å². The zero-order valence-corrected chi connectivity index (χ0v) is 16.7. The molecule has 1 atom stereocenters. The average Bonchev–Trinajstić information content (AvgIpc) is 2.73. The summed E-state index contributed by atoms with van der Waals surface area (Å²) in [6.45, 7) is 2.26. The van der Waals surface area contributed by atoms with Crippen LogP contribution >= 0.6 is 0 Å². The number of alkyl halides is 3. The zero-order valence-electron chi connectivity index (χ0n) is 16.7. The van der Waals surface area contributed by atoms with E-state index in [2.05, 4.69) is 10.6 Å². The fraction of sp³-hybridized carbons (Fsp3) is 0.333. The van der Waals surface area contributed by atoms with Crippen molar-refractivity contribution in [1.82, 2.24) is 4.90 Å². The SMILES string of the molecule is C[C@H]1CN(c2ccc(Nc3ccc4c(c3)OCC(=O)N4)cc2)CCN1C(=O)C(F)(F)F. The van der Waals surface area contributed by atoms with E-state index in [-0.39, 0.29) is 19.1 Å². The number of hydrogen-bond donors (Lipinski definition) is 2. The molecule has 7 nitrogen and oxygen atoms in total. The number of nitrogens with zero attached hydrogens (tertiary/aromatic N) is 2. The summed E-state index contributed by atoms with van der Waals surface area (Å²) in [5.41, 5.74) is 3.10. The molecule has 31 heavy (non-hydrogen) atoms. The molecule has 2 aromatic rings. The van der Waals surface area contributed by atoms with Crippen LogP contribution in [0.15, 0.2) is 42.5 Å². The van der Waals surface area contributed by atoms with Gasteiger partial charge in [-0.05, 0) is 43.3 Å². The second-order valence-electron chi connectivity index (χ2n) is 7.51. The Morgan fingerprint density at radius 1 is 1.13 bits per heavy atom. The number of ether oxygens (including phenoxy) is 1. The van der Waals surface area contributed by atoms with E-state index in [0.29, 0.717) is 24.5 Å². The average molecular weight is 434 g/mol. The molecule has 0 aliphatic carbocycles. The quantitative estimate of drug-likeness (QED) is 0.775. The lowest BCUT2D eigenvalue weighted by molar-refractivity contribution is -0.187. The van der Waals surface area contributed by atoms with Gasteiger partial charge >= 0.3 is 12.1 Å². The molecule has 10 heteroatoms. The number of benzene rings is 2. The summed E-state index contributed by atoms with van der Waals surface area (Å²) in [5.74, 6) is -1.39. The summed E-state index contributed by atoms with van der Waals surface area (Å²) in [7, 11) is 0. The zero-order chi connectivity index (χ0) is 22.2. The number of amides is 2. The van der Waals surface area contributed by atoms with E-state index in [9.17, 15) is 22.8 Å². The van der Waals surface area contributed by atoms with Crippen molar-refractivity contribution < 1.29 is 27.5 Å². The lowest BCUT2D eigenvalue weighted by atomic mass is 10.1. The largest absolute Gasteiger partial charge is 0.482 e. The minimum atomic E-state index is -4.85. The molecular formula is C21H21F3N4O3. The van der Waals surface area contributed by atoms with Gasteiger partial charge in [0.05, 0.1) is 5.69 Å². The highest BCUT2D eigenvalue weighted by molar-refractivity contribution is 5.95. The molecule has 2 N–H and O–H groups in total. The first-order valence-electron chi connectivity index (χ1n) is 9.77. The first kappa shape index (κ1) is 20.8. The van der Waals surface area contributed by atoms with Crippen molar-refractivity contribution in [3.05, 3.63) is 42.5 Å². The van der Waals surface area contributed by atoms with Gasteiger partial charge in [-0.25, -0.2) is 0 Å². The van der Waals surface area contributed by atoms with Crippen LogP contribution in [0.3, 0.4) is 0 Å². The van der Waals surface area contributed by atoms with Crippen molar-refractivity contribution >= 4 is 34.6 Å². The van der Waals surface area contributed by atoms with Gasteiger partial charge in [0, 0.05) is 48.8 Å². The number of rotatable bonds is 3. The highest BCUT2D eigenvalue weighted by Crippen LogP contribution is 2.32. The fourth-order valence-electron chi connectivity index (χ4n) is 3.73. The molecule has 0 saturated carbocycles. The van der Waals surface area contributed by atoms with Crippen LogP contribution in [0, 0.1) is 0 Å². The number of carbonyl (C=O) groups is 2. The number of piperazine rings is 1. The summed E-state index contributed by atoms with van der Waals surface area (Å²) in [6, 6.07) is 12.3. The van der Waals surface area contributed by atoms with Crippen molar-refractivity contribution in [2.45, 2.75) is 19.1 Å². The fourth-order valence-corrected chi connectivity index (χ4v) is 3.73. The van der Waals surface area contributed by atoms with Gasteiger partial charge in [-0.2, -0.15) is 13.2 Å². The third-order valence-electron chi connectivity index (χ3n) is 5.27. The number of hydrogen-bond acceptors (Lipinski definition) is 5. The smallest absolute Gasteiger partial charge is 0.471 e. The van der Waals surface area contributed by atoms with Gasteiger partial charge in [0.25, 0.3) is 5.91 Å². The maximum Gasteiger partial charge on any atom is 0.471 e. The number of halogens is 3. The Kier molecular flexibility index (Phi) is 5.38. The third-order valence-corrected chi connectivity index (χ3v) is 5.27. The van der Waals surface area contributed by atoms with Crippen molar-refractivity contribution in [3.8, 4) is 5.75 Å². The van der Waals surface area contributed by atoms with Crippen LogP contribution in [0.25, 0.3) is 0 Å². The Hall–Kier alpha value is -3.43. The van der Waals surface area contributed by atoms with Crippen molar-refractivity contribution in [3.63, 3.8) is 0 Å². The van der Waals surface area contributed by atoms with Crippen molar-refractivity contribution in [2.75, 3.05) is 41.8 Å². The number of fused-ring (bicyclic) bond motifs is 1. The Labute approximate surface area is 176 Å². The number of anilines is 4. The summed E-state index contributed by atoms with van der Waals surface area (Å²) < 4.78 is 43.6. The molecule has 0 radical (unpaired) electrons. The second kappa shape index (κ2) is 8.01. The molecule has 1 fully saturated rings. The van der Waals surface area contributed by atoms with Crippen molar-refractivity contribution in [1.29, 1.82) is 0 Å². The summed E-state index contributed by atoms with van der Waals surface area (Å²) in [6.07, 6.45) is -4.85. The van der Waals surface area contributed by atoms with Crippen LogP contribution in [0.5, 0.6) is 5.75 Å². The molecule has 2 aromatic carbocycles. The van der Waals surface area contributed by atoms with Gasteiger partial charge in [-0.3, -0.25) is 9.59 Å². The van der Waals surface area contributed by atoms with Gasteiger partial charge in [0.2, 0.25) is 0 Å². The van der Waals surface area contributed by atoms with Crippen molar-refractivity contribution in [2.24, 2.45) is 0 Å². The van der Waals surface area contributed by atoms with Gasteiger partial charge in [-0.15, -0.1) is 0 Å². The predicted octanol–water partition coefficient (Wildman–Crippen LogP) is 3.36. The maximum atomic E-state index is 12.7. The molecule has 2 heterocycles. The van der Waals surface area contributed by atoms with E-state index < -0.39 is 18.1 Å². The summed E-state index contributed by atoms with van der Waals surface area (Å²) in [4.78, 5) is 25.7. The number of nitrogens with one attached hydrogen (secondary N) is 2. The molecule has 164 valence electrons. The van der Waals surface area contributed by atoms with Gasteiger partial charge < -0.3 is 25.2 Å². The van der Waals surface area contributed by atoms with E-state index in [1.807, 2.05) is 35.2 Å². The third kappa shape index (κ3) is 4.52. The molecule has 0 bridgehead atoms. The minimum absolute atomic E-state index is 0.0190. The normalized spacial score (nSPS) is 18.7. The molecule has 0 spiro atoms. The standard InChI is InChI=1S/C21H21F3N4O3/c1-13-11-27(8-9-28(13)20(30)21(22,23)24)16-5-2-14(3-6-16)25-15-4-7-17-18(10-15)31-12-19(29)26-17/h2-7,10,13,25H,8-9,11-12H2,1H3,(H,26,29)/t13-/m0/s1. The van der Waals surface area contributed by atoms with Crippen LogP contribution in [-0.2, 0) is 9.59 Å². The van der Waals surface area contributed by atoms with Crippen LogP contribution in [0.2, 0.25) is 0 Å². The Balaban J connectivity index is 1.39. The first-order chi connectivity index (χ1) is 14.7.